The lowest BCUT2D eigenvalue weighted by atomic mass is 10.0. The molecule has 26 heavy (non-hydrogen) atoms. The van der Waals surface area contributed by atoms with Gasteiger partial charge in [-0.15, -0.1) is 0 Å². The van der Waals surface area contributed by atoms with E-state index in [1.807, 2.05) is 0 Å². The van der Waals surface area contributed by atoms with E-state index in [4.69, 9.17) is 17.0 Å². The third-order valence-electron chi connectivity index (χ3n) is 4.20. The monoisotopic (exact) mass is 392 g/mol. The maximum atomic E-state index is 12.5. The molecule has 10 heteroatoms. The number of likely N-dealkylation sites (tertiary alicyclic amines) is 1. The van der Waals surface area contributed by atoms with E-state index in [-0.39, 0.29) is 34.1 Å². The first-order valence-corrected chi connectivity index (χ1v) is 9.01. The lowest BCUT2D eigenvalue weighted by Gasteiger charge is -2.33. The van der Waals surface area contributed by atoms with Gasteiger partial charge in [-0.2, -0.15) is 0 Å². The number of amides is 1. The van der Waals surface area contributed by atoms with Crippen LogP contribution < -0.4 is 10.9 Å². The van der Waals surface area contributed by atoms with E-state index in [0.717, 1.165) is 0 Å². The third kappa shape index (κ3) is 4.08. The lowest BCUT2D eigenvalue weighted by Crippen LogP contribution is -2.43. The van der Waals surface area contributed by atoms with Gasteiger partial charge in [-0.05, 0) is 36.6 Å². The zero-order chi connectivity index (χ0) is 18.7. The summed E-state index contributed by atoms with van der Waals surface area (Å²) in [5.74, 6) is -0.0238. The summed E-state index contributed by atoms with van der Waals surface area (Å²) in [5.41, 5.74) is 0.712. The standard InChI is InChI=1S/C16H18ClN6O2P/c17-16-21-11(13(18)26)12(14(24)22-16)20-10-3-7-23(8-4-10)15(25)9-1-5-19-6-2-9/h1-2,5-6,10,18,20H,3-4,7-8,26H2,(H,21,22,24). The van der Waals surface area contributed by atoms with Crippen LogP contribution in [0.1, 0.15) is 28.9 Å². The van der Waals surface area contributed by atoms with Crippen LogP contribution in [0.4, 0.5) is 5.69 Å². The lowest BCUT2D eigenvalue weighted by molar-refractivity contribution is 0.0718. The second-order valence-electron chi connectivity index (χ2n) is 5.94. The topological polar surface area (TPSA) is 115 Å². The van der Waals surface area contributed by atoms with Crippen LogP contribution in [-0.2, 0) is 0 Å². The predicted molar refractivity (Wildman–Crippen MR) is 103 cm³/mol. The van der Waals surface area contributed by atoms with Crippen LogP contribution >= 0.6 is 20.8 Å². The summed E-state index contributed by atoms with van der Waals surface area (Å²) in [6, 6.07) is 3.40. The SMILES string of the molecule is N=C(P)c1nc(Cl)[nH]c(=O)c1NC1CCN(C(=O)c2ccncc2)CC1. The van der Waals surface area contributed by atoms with Gasteiger partial charge in [0.25, 0.3) is 11.5 Å². The van der Waals surface area contributed by atoms with Crippen molar-refractivity contribution in [3.8, 4) is 0 Å². The van der Waals surface area contributed by atoms with Crippen molar-refractivity contribution in [2.75, 3.05) is 18.4 Å². The summed E-state index contributed by atoms with van der Waals surface area (Å²) in [5, 5.41) is 10.9. The fraction of sp³-hybridized carbons (Fsp3) is 0.312. The van der Waals surface area contributed by atoms with Gasteiger partial charge in [-0.3, -0.25) is 25.0 Å². The summed E-state index contributed by atoms with van der Waals surface area (Å²) in [6.07, 6.45) is 4.56. The van der Waals surface area contributed by atoms with Crippen molar-refractivity contribution in [2.45, 2.75) is 18.9 Å². The van der Waals surface area contributed by atoms with E-state index in [2.05, 4.69) is 29.5 Å². The molecule has 1 saturated heterocycles. The van der Waals surface area contributed by atoms with Crippen molar-refractivity contribution in [2.24, 2.45) is 0 Å². The number of carbonyl (C=O) groups excluding carboxylic acids is 1. The number of piperidine rings is 1. The molecule has 1 amide bonds. The minimum Gasteiger partial charge on any atom is -0.376 e. The Hall–Kier alpha value is -2.31. The van der Waals surface area contributed by atoms with Crippen molar-refractivity contribution in [1.82, 2.24) is 19.9 Å². The minimum atomic E-state index is -0.414. The van der Waals surface area contributed by atoms with E-state index in [9.17, 15) is 9.59 Å². The van der Waals surface area contributed by atoms with Crippen molar-refractivity contribution < 1.29 is 4.79 Å². The fourth-order valence-corrected chi connectivity index (χ4v) is 3.26. The molecule has 0 saturated carbocycles. The molecular formula is C16H18ClN6O2P. The molecule has 1 unspecified atom stereocenters. The van der Waals surface area contributed by atoms with E-state index >= 15 is 0 Å². The third-order valence-corrected chi connectivity index (χ3v) is 4.66. The van der Waals surface area contributed by atoms with Crippen LogP contribution in [-0.4, -0.2) is 50.3 Å². The number of H-pyrrole nitrogens is 1. The summed E-state index contributed by atoms with van der Waals surface area (Å²) >= 11 is 5.77. The molecule has 3 heterocycles. The summed E-state index contributed by atoms with van der Waals surface area (Å²) in [7, 11) is 2.21. The van der Waals surface area contributed by atoms with Crippen LogP contribution in [0.25, 0.3) is 0 Å². The zero-order valence-corrected chi connectivity index (χ0v) is 15.7. The fourth-order valence-electron chi connectivity index (χ4n) is 2.88. The second-order valence-corrected chi connectivity index (χ2v) is 6.88. The Balaban J connectivity index is 1.68. The summed E-state index contributed by atoms with van der Waals surface area (Å²) < 4.78 is 0. The minimum absolute atomic E-state index is 0.00339. The normalized spacial score (nSPS) is 14.9. The molecule has 3 rings (SSSR count). The first kappa shape index (κ1) is 18.5. The molecule has 1 aliphatic heterocycles. The molecule has 1 fully saturated rings. The van der Waals surface area contributed by atoms with Gasteiger partial charge in [0.1, 0.15) is 11.4 Å². The number of carbonyl (C=O) groups is 1. The molecule has 2 aromatic rings. The Morgan fingerprint density at radius 2 is 2.00 bits per heavy atom. The number of nitrogens with zero attached hydrogens (tertiary/aromatic N) is 3. The molecular weight excluding hydrogens is 375 g/mol. The maximum absolute atomic E-state index is 12.5. The highest BCUT2D eigenvalue weighted by atomic mass is 35.5. The Morgan fingerprint density at radius 1 is 1.35 bits per heavy atom. The largest absolute Gasteiger partial charge is 0.376 e. The molecule has 3 N–H and O–H groups in total. The number of hydrogen-bond donors (Lipinski definition) is 3. The van der Waals surface area contributed by atoms with Crippen molar-refractivity contribution >= 4 is 37.9 Å². The van der Waals surface area contributed by atoms with Gasteiger partial charge in [0.2, 0.25) is 5.28 Å². The number of aromatic nitrogens is 3. The highest BCUT2D eigenvalue weighted by Crippen LogP contribution is 2.20. The van der Waals surface area contributed by atoms with Crippen molar-refractivity contribution in [1.29, 1.82) is 5.41 Å². The van der Waals surface area contributed by atoms with Gasteiger partial charge in [-0.25, -0.2) is 4.98 Å². The predicted octanol–water partition coefficient (Wildman–Crippen LogP) is 1.74. The quantitative estimate of drug-likeness (QED) is 0.416. The van der Waals surface area contributed by atoms with Gasteiger partial charge < -0.3 is 10.2 Å². The van der Waals surface area contributed by atoms with Crippen LogP contribution in [0.5, 0.6) is 0 Å². The van der Waals surface area contributed by atoms with E-state index in [1.54, 1.807) is 29.4 Å². The Morgan fingerprint density at radius 3 is 2.62 bits per heavy atom. The van der Waals surface area contributed by atoms with Crippen molar-refractivity contribution in [3.05, 3.63) is 51.4 Å². The smallest absolute Gasteiger partial charge is 0.275 e. The first-order valence-electron chi connectivity index (χ1n) is 8.05. The number of rotatable bonds is 4. The number of halogens is 1. The average Bonchev–Trinajstić information content (AvgIpc) is 2.64. The van der Waals surface area contributed by atoms with Crippen molar-refractivity contribution in [3.63, 3.8) is 0 Å². The number of pyridine rings is 1. The molecule has 136 valence electrons. The van der Waals surface area contributed by atoms with E-state index in [1.165, 1.54) is 0 Å². The number of anilines is 1. The zero-order valence-electron chi connectivity index (χ0n) is 13.8. The van der Waals surface area contributed by atoms with Gasteiger partial charge in [-0.1, -0.05) is 9.24 Å². The average molecular weight is 393 g/mol. The van der Waals surface area contributed by atoms with Crippen LogP contribution in [0.15, 0.2) is 29.3 Å². The molecule has 1 aliphatic rings. The molecule has 0 aromatic carbocycles. The highest BCUT2D eigenvalue weighted by Gasteiger charge is 2.25. The van der Waals surface area contributed by atoms with Gasteiger partial charge in [0.05, 0.1) is 5.45 Å². The Bertz CT molecular complexity index is 880. The number of hydrogen-bond acceptors (Lipinski definition) is 6. The first-order chi connectivity index (χ1) is 12.5. The van der Waals surface area contributed by atoms with Crippen LogP contribution in [0, 0.1) is 5.41 Å². The molecule has 0 spiro atoms. The molecule has 0 bridgehead atoms. The molecule has 1 atom stereocenters. The number of nitrogens with one attached hydrogen (secondary N) is 3. The molecule has 0 radical (unpaired) electrons. The highest BCUT2D eigenvalue weighted by molar-refractivity contribution is 7.41. The van der Waals surface area contributed by atoms with E-state index < -0.39 is 5.56 Å². The molecule has 2 aromatic heterocycles. The summed E-state index contributed by atoms with van der Waals surface area (Å²) in [6.45, 7) is 1.15. The number of aromatic amines is 1. The van der Waals surface area contributed by atoms with E-state index in [0.29, 0.717) is 31.5 Å². The summed E-state index contributed by atoms with van der Waals surface area (Å²) in [4.78, 5) is 36.8. The maximum Gasteiger partial charge on any atom is 0.275 e. The molecule has 0 aliphatic carbocycles. The van der Waals surface area contributed by atoms with Gasteiger partial charge >= 0.3 is 0 Å². The Labute approximate surface area is 157 Å². The second kappa shape index (κ2) is 7.93. The van der Waals surface area contributed by atoms with Gasteiger partial charge in [0.15, 0.2) is 0 Å². The Kier molecular flexibility index (Phi) is 5.64. The van der Waals surface area contributed by atoms with Crippen LogP contribution in [0.2, 0.25) is 5.28 Å². The molecule has 8 nitrogen and oxygen atoms in total. The van der Waals surface area contributed by atoms with Gasteiger partial charge in [0, 0.05) is 37.1 Å². The van der Waals surface area contributed by atoms with Crippen LogP contribution in [0.3, 0.4) is 0 Å².